The van der Waals surface area contributed by atoms with Gasteiger partial charge in [-0.1, -0.05) is 30.3 Å². The van der Waals surface area contributed by atoms with Crippen molar-refractivity contribution in [3.05, 3.63) is 52.4 Å². The molecule has 1 saturated heterocycles. The van der Waals surface area contributed by atoms with Gasteiger partial charge in [-0.3, -0.25) is 19.8 Å². The zero-order valence-electron chi connectivity index (χ0n) is 15.0. The monoisotopic (exact) mass is 394 g/mol. The molecule has 2 aliphatic rings. The Morgan fingerprint density at radius 2 is 1.96 bits per heavy atom. The van der Waals surface area contributed by atoms with Crippen molar-refractivity contribution in [2.24, 2.45) is 5.92 Å². The maximum Gasteiger partial charge on any atom is 0.281 e. The summed E-state index contributed by atoms with van der Waals surface area (Å²) < 4.78 is 1.13. The topological polar surface area (TPSA) is 84.3 Å². The maximum absolute atomic E-state index is 13.0. The number of carbonyl (C=O) groups is 2. The predicted octanol–water partition coefficient (Wildman–Crippen LogP) is 2.21. The lowest BCUT2D eigenvalue weighted by molar-refractivity contribution is -0.128. The molecule has 1 aliphatic heterocycles. The van der Waals surface area contributed by atoms with Gasteiger partial charge in [0.05, 0.1) is 11.3 Å². The van der Waals surface area contributed by atoms with Crippen LogP contribution in [0.25, 0.3) is 21.3 Å². The van der Waals surface area contributed by atoms with Crippen LogP contribution in [-0.4, -0.2) is 39.0 Å². The summed E-state index contributed by atoms with van der Waals surface area (Å²) in [6.07, 6.45) is 3.56. The molecule has 0 unspecified atom stereocenters. The quantitative estimate of drug-likeness (QED) is 0.735. The highest BCUT2D eigenvalue weighted by atomic mass is 32.1. The van der Waals surface area contributed by atoms with Gasteiger partial charge in [0, 0.05) is 30.0 Å². The van der Waals surface area contributed by atoms with Crippen molar-refractivity contribution >= 4 is 33.4 Å². The number of fused-ring (bicyclic) bond motifs is 1. The summed E-state index contributed by atoms with van der Waals surface area (Å²) in [5.41, 5.74) is 4.06. The number of rotatable bonds is 4. The van der Waals surface area contributed by atoms with Gasteiger partial charge in [0.15, 0.2) is 0 Å². The summed E-state index contributed by atoms with van der Waals surface area (Å²) in [4.78, 5) is 44.5. The van der Waals surface area contributed by atoms with Crippen molar-refractivity contribution in [1.82, 2.24) is 14.6 Å². The first-order chi connectivity index (χ1) is 13.6. The largest absolute Gasteiger partial charge is 0.339 e. The molecule has 0 radical (unpaired) electrons. The van der Waals surface area contributed by atoms with Crippen LogP contribution in [0.4, 0.5) is 0 Å². The van der Waals surface area contributed by atoms with Gasteiger partial charge in [-0.25, -0.2) is 9.66 Å². The Labute approximate surface area is 164 Å². The van der Waals surface area contributed by atoms with E-state index in [2.05, 4.69) is 10.4 Å². The van der Waals surface area contributed by atoms with Crippen LogP contribution in [0.1, 0.15) is 19.3 Å². The lowest BCUT2D eigenvalue weighted by Gasteiger charge is -2.15. The molecule has 0 spiro atoms. The standard InChI is InChI=1S/C20H18N4O3S/c25-16-8-13(9-23(16)14-6-7-14)18(26)22-24-11-21-19-17(20(24)27)15(10-28-19)12-4-2-1-3-5-12/h1-5,10-11,13-14H,6-9H2,(H,22,26)/t13-/m1/s1. The first kappa shape index (κ1) is 17.1. The number of nitrogens with one attached hydrogen (secondary N) is 1. The van der Waals surface area contributed by atoms with E-state index in [1.807, 2.05) is 35.7 Å². The molecule has 2 fully saturated rings. The molecule has 1 aliphatic carbocycles. The molecular formula is C20H18N4O3S. The number of aromatic nitrogens is 2. The minimum atomic E-state index is -0.438. The van der Waals surface area contributed by atoms with E-state index in [4.69, 9.17) is 0 Å². The van der Waals surface area contributed by atoms with Crippen LogP contribution in [0.3, 0.4) is 0 Å². The van der Waals surface area contributed by atoms with Gasteiger partial charge in [0.2, 0.25) is 11.8 Å². The van der Waals surface area contributed by atoms with Crippen molar-refractivity contribution in [3.8, 4) is 11.1 Å². The van der Waals surface area contributed by atoms with Crippen molar-refractivity contribution in [2.45, 2.75) is 25.3 Å². The van der Waals surface area contributed by atoms with Crippen LogP contribution in [-0.2, 0) is 9.59 Å². The summed E-state index contributed by atoms with van der Waals surface area (Å²) in [5, 5.41) is 2.39. The van der Waals surface area contributed by atoms with Crippen LogP contribution in [0.2, 0.25) is 0 Å². The third-order valence-electron chi connectivity index (χ3n) is 5.33. The highest BCUT2D eigenvalue weighted by Gasteiger charge is 2.41. The fourth-order valence-corrected chi connectivity index (χ4v) is 4.61. The Bertz CT molecular complexity index is 1130. The van der Waals surface area contributed by atoms with E-state index in [0.717, 1.165) is 28.6 Å². The van der Waals surface area contributed by atoms with Gasteiger partial charge in [0.25, 0.3) is 5.56 Å². The molecule has 28 heavy (non-hydrogen) atoms. The van der Waals surface area contributed by atoms with Gasteiger partial charge in [-0.15, -0.1) is 11.3 Å². The van der Waals surface area contributed by atoms with E-state index in [9.17, 15) is 14.4 Å². The van der Waals surface area contributed by atoms with Crippen LogP contribution in [0.5, 0.6) is 0 Å². The number of nitrogens with zero attached hydrogens (tertiary/aromatic N) is 3. The second-order valence-electron chi connectivity index (χ2n) is 7.27. The molecule has 3 aromatic rings. The number of hydrogen-bond acceptors (Lipinski definition) is 5. The third kappa shape index (κ3) is 2.90. The highest BCUT2D eigenvalue weighted by molar-refractivity contribution is 7.17. The Hall–Kier alpha value is -3.00. The zero-order chi connectivity index (χ0) is 19.3. The predicted molar refractivity (Wildman–Crippen MR) is 107 cm³/mol. The van der Waals surface area contributed by atoms with E-state index < -0.39 is 5.92 Å². The van der Waals surface area contributed by atoms with Gasteiger partial charge in [0.1, 0.15) is 11.2 Å². The minimum Gasteiger partial charge on any atom is -0.339 e. The summed E-state index contributed by atoms with van der Waals surface area (Å²) in [6, 6.07) is 9.92. The lowest BCUT2D eigenvalue weighted by Crippen LogP contribution is -2.37. The number of carbonyl (C=O) groups excluding carboxylic acids is 2. The fourth-order valence-electron chi connectivity index (χ4n) is 3.70. The first-order valence-electron chi connectivity index (χ1n) is 9.26. The summed E-state index contributed by atoms with van der Waals surface area (Å²) in [7, 11) is 0. The van der Waals surface area contributed by atoms with E-state index in [0.29, 0.717) is 22.8 Å². The SMILES string of the molecule is O=C(Nn1cnc2scc(-c3ccccc3)c2c1=O)[C@@H]1CC(=O)N(C2CC2)C1. The molecule has 7 nitrogen and oxygen atoms in total. The van der Waals surface area contributed by atoms with Gasteiger partial charge >= 0.3 is 0 Å². The molecule has 0 bridgehead atoms. The van der Waals surface area contributed by atoms with E-state index in [1.165, 1.54) is 17.7 Å². The Kier molecular flexibility index (Phi) is 4.01. The van der Waals surface area contributed by atoms with Crippen molar-refractivity contribution < 1.29 is 9.59 Å². The molecule has 5 rings (SSSR count). The number of hydrogen-bond donors (Lipinski definition) is 1. The van der Waals surface area contributed by atoms with Crippen molar-refractivity contribution in [2.75, 3.05) is 12.0 Å². The summed E-state index contributed by atoms with van der Waals surface area (Å²) in [6.45, 7) is 0.424. The fraction of sp³-hybridized carbons (Fsp3) is 0.300. The number of thiophene rings is 1. The normalized spacial score (nSPS) is 19.4. The Balaban J connectivity index is 1.43. The third-order valence-corrected chi connectivity index (χ3v) is 6.21. The Morgan fingerprint density at radius 3 is 2.71 bits per heavy atom. The molecular weight excluding hydrogens is 376 g/mol. The molecule has 3 heterocycles. The average molecular weight is 394 g/mol. The maximum atomic E-state index is 13.0. The number of amides is 2. The molecule has 1 N–H and O–H groups in total. The highest BCUT2D eigenvalue weighted by Crippen LogP contribution is 2.33. The molecule has 1 atom stereocenters. The smallest absolute Gasteiger partial charge is 0.281 e. The Morgan fingerprint density at radius 1 is 1.18 bits per heavy atom. The van der Waals surface area contributed by atoms with E-state index in [1.54, 1.807) is 4.90 Å². The van der Waals surface area contributed by atoms with Crippen LogP contribution in [0, 0.1) is 5.92 Å². The number of benzene rings is 1. The second kappa shape index (κ2) is 6.56. The summed E-state index contributed by atoms with van der Waals surface area (Å²) >= 11 is 1.40. The molecule has 8 heteroatoms. The second-order valence-corrected chi connectivity index (χ2v) is 8.13. The van der Waals surface area contributed by atoms with Gasteiger partial charge < -0.3 is 4.90 Å². The van der Waals surface area contributed by atoms with Crippen LogP contribution >= 0.6 is 11.3 Å². The van der Waals surface area contributed by atoms with Gasteiger partial charge in [-0.05, 0) is 18.4 Å². The average Bonchev–Trinajstić information content (AvgIpc) is 3.33. The summed E-state index contributed by atoms with van der Waals surface area (Å²) in [5.74, 6) is -0.740. The molecule has 1 saturated carbocycles. The van der Waals surface area contributed by atoms with Crippen LogP contribution < -0.4 is 11.0 Å². The van der Waals surface area contributed by atoms with Gasteiger partial charge in [-0.2, -0.15) is 0 Å². The number of likely N-dealkylation sites (tertiary alicyclic amines) is 1. The first-order valence-corrected chi connectivity index (χ1v) is 10.1. The lowest BCUT2D eigenvalue weighted by atomic mass is 10.1. The van der Waals surface area contributed by atoms with E-state index in [-0.39, 0.29) is 23.8 Å². The minimum absolute atomic E-state index is 0.0211. The molecule has 2 amide bonds. The van der Waals surface area contributed by atoms with Crippen molar-refractivity contribution in [3.63, 3.8) is 0 Å². The van der Waals surface area contributed by atoms with E-state index >= 15 is 0 Å². The van der Waals surface area contributed by atoms with Crippen LogP contribution in [0.15, 0.2) is 46.8 Å². The van der Waals surface area contributed by atoms with Crippen molar-refractivity contribution in [1.29, 1.82) is 0 Å². The molecule has 2 aromatic heterocycles. The molecule has 1 aromatic carbocycles. The zero-order valence-corrected chi connectivity index (χ0v) is 15.8. The molecule has 142 valence electrons.